The van der Waals surface area contributed by atoms with E-state index in [1.807, 2.05) is 61.5 Å². The van der Waals surface area contributed by atoms with Crippen molar-refractivity contribution in [2.24, 2.45) is 22.9 Å². The lowest BCUT2D eigenvalue weighted by Crippen LogP contribution is -2.70. The van der Waals surface area contributed by atoms with E-state index in [0.29, 0.717) is 47.1 Å². The number of unbranched alkanes of at least 4 members (excludes halogenated alkanes) is 2. The van der Waals surface area contributed by atoms with Gasteiger partial charge in [0.05, 0.1) is 35.5 Å². The Hall–Kier alpha value is -6.49. The van der Waals surface area contributed by atoms with Gasteiger partial charge in [0, 0.05) is 55.5 Å². The monoisotopic (exact) mass is 932 g/mol. The Morgan fingerprint density at radius 2 is 1.74 bits per heavy atom. The number of ether oxygens (including phenoxy) is 6. The lowest BCUT2D eigenvalue weighted by Gasteiger charge is -2.59. The number of amides is 1. The first-order valence-corrected chi connectivity index (χ1v) is 23.5. The van der Waals surface area contributed by atoms with Crippen LogP contribution in [0.3, 0.4) is 0 Å². The number of hydrogen-bond acceptors (Lipinski definition) is 14. The van der Waals surface area contributed by atoms with Crippen LogP contribution in [0.4, 0.5) is 10.5 Å². The summed E-state index contributed by atoms with van der Waals surface area (Å²) in [7, 11) is 0. The number of nitro groups is 1. The normalized spacial score (nSPS) is 22.6. The standard InChI is InChI=1S/C52H60N4O12/c1-4-25-66-52-48(55(51(59)62-5-2)30-36-17-21-46-47(26-36)65-33-64-46)29-44(54-67-31-35-15-18-39(19-16-35)56(60)61)42-27-37(12-6-8-23-57)41(14-7-9-24-58)49(50(42)52)43-28-40(20-22-45(43)68-52)63-32-38-13-10-11-34(3)53-38/h4,10-11,13,15-22,26-28,37,41,48-50,57-58H,1,5-9,12,14,23-25,29-33H2,2-3H3/t37-,41+,48-,49+,50+,52+/m0/s1. The maximum absolute atomic E-state index is 14.7. The van der Waals surface area contributed by atoms with Gasteiger partial charge in [-0.2, -0.15) is 0 Å². The minimum absolute atomic E-state index is 0.00756. The number of fused-ring (bicyclic) bond motifs is 3. The van der Waals surface area contributed by atoms with Crippen molar-refractivity contribution < 1.29 is 53.2 Å². The Kier molecular flexibility index (Phi) is 15.6. The zero-order valence-corrected chi connectivity index (χ0v) is 38.6. The van der Waals surface area contributed by atoms with Crippen molar-refractivity contribution in [1.29, 1.82) is 0 Å². The first-order valence-electron chi connectivity index (χ1n) is 23.5. The predicted octanol–water partition coefficient (Wildman–Crippen LogP) is 9.10. The van der Waals surface area contributed by atoms with Crippen LogP contribution in [0, 0.1) is 34.8 Å². The summed E-state index contributed by atoms with van der Waals surface area (Å²) < 4.78 is 38.2. The quantitative estimate of drug-likeness (QED) is 0.0328. The van der Waals surface area contributed by atoms with E-state index < -0.39 is 28.8 Å². The molecule has 1 amide bonds. The molecule has 1 saturated carbocycles. The van der Waals surface area contributed by atoms with Crippen LogP contribution in [0.5, 0.6) is 23.0 Å². The SMILES string of the molecule is C=CCO[C@@]12Oc3ccc(OCc4cccc(C)n4)cc3[C@H]3[C@H](CCCCO)[C@@H](CCCCO)C=C(C(=NOCc4ccc([N+](=O)[O-])cc4)C[C@@H]1N(Cc1ccc4c(c1)OCO4)C(=O)OCC)[C@H]32. The average Bonchev–Trinajstić information content (AvgIpc) is 3.82. The number of non-ortho nitro benzene ring substituents is 1. The number of hydrogen-bond donors (Lipinski definition) is 2. The number of pyridine rings is 1. The Morgan fingerprint density at radius 1 is 0.971 bits per heavy atom. The zero-order chi connectivity index (χ0) is 47.6. The molecule has 16 nitrogen and oxygen atoms in total. The highest BCUT2D eigenvalue weighted by atomic mass is 16.7. The molecule has 2 aliphatic carbocycles. The van der Waals surface area contributed by atoms with E-state index in [0.717, 1.165) is 53.8 Å². The summed E-state index contributed by atoms with van der Waals surface area (Å²) in [5.41, 5.74) is 5.39. The second-order valence-electron chi connectivity index (χ2n) is 17.5. The molecule has 2 aliphatic heterocycles. The Bertz CT molecular complexity index is 2480. The summed E-state index contributed by atoms with van der Waals surface area (Å²) in [4.78, 5) is 38.1. The van der Waals surface area contributed by atoms with E-state index in [1.165, 1.54) is 12.1 Å². The smallest absolute Gasteiger partial charge is 0.410 e. The van der Waals surface area contributed by atoms with Gasteiger partial charge < -0.3 is 43.5 Å². The van der Waals surface area contributed by atoms with Gasteiger partial charge in [0.1, 0.15) is 30.8 Å². The number of oxime groups is 1. The van der Waals surface area contributed by atoms with Crippen LogP contribution in [-0.2, 0) is 34.1 Å². The molecule has 360 valence electrons. The van der Waals surface area contributed by atoms with E-state index in [1.54, 1.807) is 30.0 Å². The molecular formula is C52H60N4O12. The predicted molar refractivity (Wildman–Crippen MR) is 251 cm³/mol. The molecule has 3 heterocycles. The maximum atomic E-state index is 14.7. The third-order valence-corrected chi connectivity index (χ3v) is 13.2. The molecular weight excluding hydrogens is 873 g/mol. The van der Waals surface area contributed by atoms with Gasteiger partial charge in [0.2, 0.25) is 12.6 Å². The van der Waals surface area contributed by atoms with Crippen LogP contribution in [-0.4, -0.2) is 81.9 Å². The average molecular weight is 933 g/mol. The third-order valence-electron chi connectivity index (χ3n) is 13.2. The van der Waals surface area contributed by atoms with Gasteiger partial charge in [0.15, 0.2) is 11.5 Å². The number of aromatic nitrogens is 1. The van der Waals surface area contributed by atoms with Crippen molar-refractivity contribution in [3.63, 3.8) is 0 Å². The van der Waals surface area contributed by atoms with Crippen LogP contribution >= 0.6 is 0 Å². The number of rotatable bonds is 22. The number of allylic oxidation sites excluding steroid dienone is 1. The second kappa shape index (κ2) is 22.1. The molecule has 4 aliphatic rings. The van der Waals surface area contributed by atoms with Gasteiger partial charge in [-0.1, -0.05) is 42.3 Å². The van der Waals surface area contributed by atoms with Crippen molar-refractivity contribution in [2.45, 2.75) is 96.3 Å². The number of benzene rings is 3. The lowest BCUT2D eigenvalue weighted by atomic mass is 9.55. The number of aliphatic hydroxyl groups is 2. The van der Waals surface area contributed by atoms with Crippen LogP contribution in [0.2, 0.25) is 0 Å². The van der Waals surface area contributed by atoms with Gasteiger partial charge >= 0.3 is 6.09 Å². The lowest BCUT2D eigenvalue weighted by molar-refractivity contribution is -0.384. The molecule has 0 radical (unpaired) electrons. The number of aliphatic hydroxyl groups excluding tert-OH is 2. The van der Waals surface area contributed by atoms with Crippen LogP contribution in [0.25, 0.3) is 0 Å². The van der Waals surface area contributed by atoms with E-state index in [2.05, 4.69) is 17.6 Å². The highest BCUT2D eigenvalue weighted by molar-refractivity contribution is 6.03. The number of aryl methyl sites for hydroxylation is 1. The van der Waals surface area contributed by atoms with E-state index in [-0.39, 0.29) is 82.8 Å². The third kappa shape index (κ3) is 10.5. The molecule has 0 spiro atoms. The van der Waals surface area contributed by atoms with Gasteiger partial charge in [-0.05, 0) is 123 Å². The minimum atomic E-state index is -1.54. The molecule has 1 aromatic heterocycles. The van der Waals surface area contributed by atoms with Gasteiger partial charge in [0.25, 0.3) is 5.69 Å². The number of nitrogens with zero attached hydrogens (tertiary/aromatic N) is 4. The Balaban J connectivity index is 1.31. The molecule has 2 N–H and O–H groups in total. The molecule has 4 aromatic rings. The molecule has 16 heteroatoms. The molecule has 0 bridgehead atoms. The van der Waals surface area contributed by atoms with Gasteiger partial charge in [-0.3, -0.25) is 20.0 Å². The summed E-state index contributed by atoms with van der Waals surface area (Å²) in [6.45, 7) is 8.46. The van der Waals surface area contributed by atoms with Gasteiger partial charge in [-0.15, -0.1) is 6.58 Å². The fraction of sp³-hybridized carbons (Fsp3) is 0.442. The largest absolute Gasteiger partial charge is 0.487 e. The minimum Gasteiger partial charge on any atom is -0.487 e. The summed E-state index contributed by atoms with van der Waals surface area (Å²) in [5, 5.41) is 36.3. The van der Waals surface area contributed by atoms with Crippen molar-refractivity contribution in [3.8, 4) is 23.0 Å². The fourth-order valence-electron chi connectivity index (χ4n) is 10.2. The summed E-state index contributed by atoms with van der Waals surface area (Å²) in [6.07, 6.45) is 7.73. The first-order chi connectivity index (χ1) is 33.2. The van der Waals surface area contributed by atoms with Crippen molar-refractivity contribution >= 4 is 17.5 Å². The topological polar surface area (TPSA) is 194 Å². The summed E-state index contributed by atoms with van der Waals surface area (Å²) in [5.74, 6) is -0.113. The second-order valence-corrected chi connectivity index (χ2v) is 17.5. The zero-order valence-electron chi connectivity index (χ0n) is 38.6. The van der Waals surface area contributed by atoms with Crippen molar-refractivity contribution in [3.05, 3.63) is 141 Å². The van der Waals surface area contributed by atoms with E-state index in [4.69, 9.17) is 38.4 Å². The van der Waals surface area contributed by atoms with E-state index in [9.17, 15) is 25.1 Å². The Labute approximate surface area is 396 Å². The first kappa shape index (κ1) is 48.0. The fourth-order valence-corrected chi connectivity index (χ4v) is 10.2. The molecule has 1 fully saturated rings. The number of carbonyl (C=O) groups is 1. The Morgan fingerprint density at radius 3 is 2.49 bits per heavy atom. The van der Waals surface area contributed by atoms with Gasteiger partial charge in [-0.25, -0.2) is 4.79 Å². The molecule has 3 aromatic carbocycles. The summed E-state index contributed by atoms with van der Waals surface area (Å²) >= 11 is 0. The molecule has 68 heavy (non-hydrogen) atoms. The van der Waals surface area contributed by atoms with Crippen molar-refractivity contribution in [1.82, 2.24) is 9.88 Å². The van der Waals surface area contributed by atoms with Crippen LogP contribution in [0.1, 0.15) is 85.9 Å². The molecule has 8 rings (SSSR count). The highest BCUT2D eigenvalue weighted by Gasteiger charge is 2.65. The van der Waals surface area contributed by atoms with Crippen LogP contribution < -0.4 is 18.9 Å². The molecule has 0 unspecified atom stereocenters. The van der Waals surface area contributed by atoms with Crippen molar-refractivity contribution in [2.75, 3.05) is 33.2 Å². The molecule has 0 saturated heterocycles. The highest BCUT2D eigenvalue weighted by Crippen LogP contribution is 2.62. The van der Waals surface area contributed by atoms with E-state index >= 15 is 0 Å². The summed E-state index contributed by atoms with van der Waals surface area (Å²) in [6, 6.07) is 22.5. The molecule has 6 atom stereocenters. The maximum Gasteiger partial charge on any atom is 0.410 e. The number of nitro benzene ring substituents is 1. The van der Waals surface area contributed by atoms with Crippen LogP contribution in [0.15, 0.2) is 108 Å². The number of carbonyl (C=O) groups excluding carboxylic acids is 1.